The molecule has 21 heavy (non-hydrogen) atoms. The fourth-order valence-corrected chi connectivity index (χ4v) is 2.65. The SMILES string of the molecule is CCC1(C(=O)O)CCN(C(=O)N(C)c2ccc(O)cc2)C1. The van der Waals surface area contributed by atoms with Gasteiger partial charge in [-0.3, -0.25) is 9.69 Å². The fraction of sp³-hybridized carbons (Fsp3) is 0.467. The summed E-state index contributed by atoms with van der Waals surface area (Å²) in [6.45, 7) is 2.52. The van der Waals surface area contributed by atoms with E-state index in [2.05, 4.69) is 0 Å². The van der Waals surface area contributed by atoms with E-state index in [1.165, 1.54) is 17.0 Å². The number of phenols is 1. The number of nitrogens with zero attached hydrogens (tertiary/aromatic N) is 2. The number of carbonyl (C=O) groups is 2. The average Bonchev–Trinajstić information content (AvgIpc) is 2.92. The second-order valence-corrected chi connectivity index (χ2v) is 5.47. The summed E-state index contributed by atoms with van der Waals surface area (Å²) in [6.07, 6.45) is 0.989. The zero-order valence-electron chi connectivity index (χ0n) is 12.2. The molecule has 1 aliphatic rings. The second-order valence-electron chi connectivity index (χ2n) is 5.47. The van der Waals surface area contributed by atoms with Crippen LogP contribution in [0.15, 0.2) is 24.3 Å². The summed E-state index contributed by atoms with van der Waals surface area (Å²) in [5, 5.41) is 18.6. The van der Waals surface area contributed by atoms with Gasteiger partial charge in [-0.15, -0.1) is 0 Å². The molecule has 1 aromatic carbocycles. The molecule has 6 nitrogen and oxygen atoms in total. The van der Waals surface area contributed by atoms with Crippen molar-refractivity contribution < 1.29 is 19.8 Å². The Morgan fingerprint density at radius 3 is 2.43 bits per heavy atom. The predicted octanol–water partition coefficient (Wildman–Crippen LogP) is 2.14. The molecule has 2 amide bonds. The van der Waals surface area contributed by atoms with Crippen LogP contribution in [0.25, 0.3) is 0 Å². The van der Waals surface area contributed by atoms with Crippen molar-refractivity contribution in [2.24, 2.45) is 5.41 Å². The zero-order chi connectivity index (χ0) is 15.6. The molecule has 1 fully saturated rings. The van der Waals surface area contributed by atoms with Gasteiger partial charge in [-0.2, -0.15) is 0 Å². The molecule has 0 bridgehead atoms. The Labute approximate surface area is 123 Å². The number of rotatable bonds is 3. The average molecular weight is 292 g/mol. The smallest absolute Gasteiger partial charge is 0.324 e. The maximum Gasteiger partial charge on any atom is 0.324 e. The van der Waals surface area contributed by atoms with E-state index >= 15 is 0 Å². The van der Waals surface area contributed by atoms with E-state index in [4.69, 9.17) is 0 Å². The summed E-state index contributed by atoms with van der Waals surface area (Å²) in [4.78, 5) is 26.9. The Balaban J connectivity index is 2.11. The summed E-state index contributed by atoms with van der Waals surface area (Å²) < 4.78 is 0. The predicted molar refractivity (Wildman–Crippen MR) is 78.5 cm³/mol. The largest absolute Gasteiger partial charge is 0.508 e. The molecule has 2 rings (SSSR count). The molecule has 2 N–H and O–H groups in total. The highest BCUT2D eigenvalue weighted by molar-refractivity contribution is 5.92. The van der Waals surface area contributed by atoms with Crippen LogP contribution in [0.5, 0.6) is 5.75 Å². The number of carboxylic acids is 1. The molecule has 1 aromatic rings. The number of hydrogen-bond donors (Lipinski definition) is 2. The molecule has 0 spiro atoms. The molecule has 0 saturated carbocycles. The van der Waals surface area contributed by atoms with E-state index in [0.29, 0.717) is 25.1 Å². The molecule has 1 atom stereocenters. The summed E-state index contributed by atoms with van der Waals surface area (Å²) in [5.41, 5.74) is -0.173. The van der Waals surface area contributed by atoms with Crippen LogP contribution in [0.3, 0.4) is 0 Å². The van der Waals surface area contributed by atoms with Gasteiger partial charge >= 0.3 is 12.0 Å². The number of aliphatic carboxylic acids is 1. The quantitative estimate of drug-likeness (QED) is 0.894. The summed E-state index contributed by atoms with van der Waals surface area (Å²) in [6, 6.07) is 6.09. The summed E-state index contributed by atoms with van der Waals surface area (Å²) in [5.74, 6) is -0.704. The molecule has 114 valence electrons. The number of urea groups is 1. The number of carboxylic acid groups (broad SMARTS) is 1. The molecule has 0 aliphatic carbocycles. The van der Waals surface area contributed by atoms with Crippen LogP contribution in [0.1, 0.15) is 19.8 Å². The number of amides is 2. The van der Waals surface area contributed by atoms with E-state index in [1.54, 1.807) is 24.1 Å². The molecule has 0 radical (unpaired) electrons. The summed E-state index contributed by atoms with van der Waals surface area (Å²) >= 11 is 0. The lowest BCUT2D eigenvalue weighted by molar-refractivity contribution is -0.148. The highest BCUT2D eigenvalue weighted by atomic mass is 16.4. The fourth-order valence-electron chi connectivity index (χ4n) is 2.65. The minimum atomic E-state index is -0.840. The van der Waals surface area contributed by atoms with Crippen molar-refractivity contribution in [2.75, 3.05) is 25.0 Å². The van der Waals surface area contributed by atoms with Crippen molar-refractivity contribution in [1.29, 1.82) is 0 Å². The van der Waals surface area contributed by atoms with Crippen LogP contribution in [0.4, 0.5) is 10.5 Å². The number of aromatic hydroxyl groups is 1. The molecule has 1 heterocycles. The highest BCUT2D eigenvalue weighted by Crippen LogP contribution is 2.35. The van der Waals surface area contributed by atoms with Gasteiger partial charge < -0.3 is 15.1 Å². The van der Waals surface area contributed by atoms with E-state index < -0.39 is 11.4 Å². The Kier molecular flexibility index (Phi) is 4.06. The van der Waals surface area contributed by atoms with Gasteiger partial charge in [0.05, 0.1) is 5.41 Å². The molecule has 6 heteroatoms. The molecule has 1 unspecified atom stereocenters. The number of carbonyl (C=O) groups excluding carboxylic acids is 1. The van der Waals surface area contributed by atoms with Gasteiger partial charge in [0.1, 0.15) is 5.75 Å². The van der Waals surface area contributed by atoms with Crippen molar-refractivity contribution in [2.45, 2.75) is 19.8 Å². The minimum Gasteiger partial charge on any atom is -0.508 e. The monoisotopic (exact) mass is 292 g/mol. The summed E-state index contributed by atoms with van der Waals surface area (Å²) in [7, 11) is 1.64. The highest BCUT2D eigenvalue weighted by Gasteiger charge is 2.45. The normalized spacial score (nSPS) is 21.3. The standard InChI is InChI=1S/C15H20N2O4/c1-3-15(13(19)20)8-9-17(10-15)14(21)16(2)11-4-6-12(18)7-5-11/h4-7,18H,3,8-10H2,1-2H3,(H,19,20). The Morgan fingerprint density at radius 1 is 1.33 bits per heavy atom. The van der Waals surface area contributed by atoms with Gasteiger partial charge in [-0.25, -0.2) is 4.79 Å². The molecule has 0 aromatic heterocycles. The van der Waals surface area contributed by atoms with Gasteiger partial charge in [0.25, 0.3) is 0 Å². The van der Waals surface area contributed by atoms with E-state index in [-0.39, 0.29) is 18.3 Å². The first-order valence-electron chi connectivity index (χ1n) is 6.95. The van der Waals surface area contributed by atoms with Crippen molar-refractivity contribution in [3.8, 4) is 5.75 Å². The first kappa shape index (κ1) is 15.2. The third-order valence-corrected chi connectivity index (χ3v) is 4.28. The number of hydrogen-bond acceptors (Lipinski definition) is 3. The van der Waals surface area contributed by atoms with Crippen LogP contribution >= 0.6 is 0 Å². The minimum absolute atomic E-state index is 0.136. The lowest BCUT2D eigenvalue weighted by atomic mass is 9.84. The number of phenolic OH excluding ortho intramolecular Hbond substituents is 1. The van der Waals surface area contributed by atoms with E-state index in [9.17, 15) is 19.8 Å². The Morgan fingerprint density at radius 2 is 1.95 bits per heavy atom. The zero-order valence-corrected chi connectivity index (χ0v) is 12.2. The van der Waals surface area contributed by atoms with Gasteiger partial charge in [0.2, 0.25) is 0 Å². The van der Waals surface area contributed by atoms with Crippen LogP contribution in [0.2, 0.25) is 0 Å². The third kappa shape index (κ3) is 2.79. The molecular weight excluding hydrogens is 272 g/mol. The molecular formula is C15H20N2O4. The van der Waals surface area contributed by atoms with Crippen LogP contribution in [-0.2, 0) is 4.79 Å². The van der Waals surface area contributed by atoms with Crippen molar-refractivity contribution in [1.82, 2.24) is 4.90 Å². The van der Waals surface area contributed by atoms with Crippen LogP contribution < -0.4 is 4.90 Å². The maximum atomic E-state index is 12.5. The third-order valence-electron chi connectivity index (χ3n) is 4.28. The Hall–Kier alpha value is -2.24. The van der Waals surface area contributed by atoms with Gasteiger partial charge in [0.15, 0.2) is 0 Å². The van der Waals surface area contributed by atoms with Crippen LogP contribution in [0, 0.1) is 5.41 Å². The number of likely N-dealkylation sites (tertiary alicyclic amines) is 1. The number of benzene rings is 1. The topological polar surface area (TPSA) is 81.1 Å². The second kappa shape index (κ2) is 5.63. The maximum absolute atomic E-state index is 12.5. The Bertz CT molecular complexity index is 543. The van der Waals surface area contributed by atoms with E-state index in [1.807, 2.05) is 6.92 Å². The first-order chi connectivity index (χ1) is 9.89. The lowest BCUT2D eigenvalue weighted by Gasteiger charge is -2.27. The molecule has 1 aliphatic heterocycles. The van der Waals surface area contributed by atoms with Crippen LogP contribution in [-0.4, -0.2) is 47.3 Å². The van der Waals surface area contributed by atoms with Gasteiger partial charge in [0, 0.05) is 25.8 Å². The lowest BCUT2D eigenvalue weighted by Crippen LogP contribution is -2.42. The van der Waals surface area contributed by atoms with Crippen molar-refractivity contribution >= 4 is 17.7 Å². The molecule has 1 saturated heterocycles. The van der Waals surface area contributed by atoms with Gasteiger partial charge in [-0.05, 0) is 37.1 Å². The van der Waals surface area contributed by atoms with Crippen molar-refractivity contribution in [3.05, 3.63) is 24.3 Å². The van der Waals surface area contributed by atoms with E-state index in [0.717, 1.165) is 0 Å². The number of anilines is 1. The van der Waals surface area contributed by atoms with Gasteiger partial charge in [-0.1, -0.05) is 6.92 Å². The van der Waals surface area contributed by atoms with Crippen molar-refractivity contribution in [3.63, 3.8) is 0 Å². The first-order valence-corrected chi connectivity index (χ1v) is 6.95.